The van der Waals surface area contributed by atoms with Gasteiger partial charge in [-0.05, 0) is 60.2 Å². The predicted molar refractivity (Wildman–Crippen MR) is 81.3 cm³/mol. The largest absolute Gasteiger partial charge is 0.356 e. The van der Waals surface area contributed by atoms with E-state index in [1.165, 1.54) is 5.56 Å². The second kappa shape index (κ2) is 5.41. The van der Waals surface area contributed by atoms with Crippen molar-refractivity contribution in [3.05, 3.63) is 59.1 Å². The Morgan fingerprint density at radius 1 is 0.895 bits per heavy atom. The molecule has 3 rings (SSSR count). The van der Waals surface area contributed by atoms with Crippen molar-refractivity contribution in [1.29, 1.82) is 0 Å². The van der Waals surface area contributed by atoms with Gasteiger partial charge in [0.2, 0.25) is 0 Å². The van der Waals surface area contributed by atoms with Crippen molar-refractivity contribution in [2.75, 3.05) is 5.32 Å². The zero-order valence-electron chi connectivity index (χ0n) is 10.2. The molecular formula is C15H14Cl2N2. The summed E-state index contributed by atoms with van der Waals surface area (Å²) in [6.07, 6.45) is 1.12. The third-order valence-corrected chi connectivity index (χ3v) is 3.93. The molecule has 1 fully saturated rings. The molecule has 0 radical (unpaired) electrons. The number of nitrogens with one attached hydrogen (secondary N) is 2. The molecule has 0 amide bonds. The Bertz CT molecular complexity index is 551. The van der Waals surface area contributed by atoms with Crippen LogP contribution in [0.15, 0.2) is 48.5 Å². The van der Waals surface area contributed by atoms with Gasteiger partial charge in [0.25, 0.3) is 0 Å². The zero-order valence-corrected chi connectivity index (χ0v) is 11.7. The molecule has 2 aromatic rings. The first-order chi connectivity index (χ1) is 9.26. The summed E-state index contributed by atoms with van der Waals surface area (Å²) in [5.74, 6) is 0.557. The molecule has 0 heterocycles. The van der Waals surface area contributed by atoms with Crippen molar-refractivity contribution in [2.24, 2.45) is 0 Å². The smallest absolute Gasteiger partial charge is 0.0407 e. The van der Waals surface area contributed by atoms with Crippen LogP contribution in [0.4, 0.5) is 11.4 Å². The lowest BCUT2D eigenvalue weighted by Crippen LogP contribution is -2.03. The second-order valence-electron chi connectivity index (χ2n) is 4.81. The number of anilines is 2. The second-order valence-corrected chi connectivity index (χ2v) is 5.47. The van der Waals surface area contributed by atoms with E-state index in [9.17, 15) is 0 Å². The first-order valence-corrected chi connectivity index (χ1v) is 7.00. The van der Waals surface area contributed by atoms with E-state index in [1.54, 1.807) is 0 Å². The van der Waals surface area contributed by atoms with Gasteiger partial charge in [-0.1, -0.05) is 23.7 Å². The van der Waals surface area contributed by atoms with E-state index >= 15 is 0 Å². The van der Waals surface area contributed by atoms with Crippen LogP contribution in [0.5, 0.6) is 0 Å². The van der Waals surface area contributed by atoms with Crippen molar-refractivity contribution in [3.63, 3.8) is 0 Å². The van der Waals surface area contributed by atoms with Crippen LogP contribution in [-0.2, 0) is 0 Å². The molecule has 0 spiro atoms. The molecule has 19 heavy (non-hydrogen) atoms. The summed E-state index contributed by atoms with van der Waals surface area (Å²) in [6.45, 7) is 0. The van der Waals surface area contributed by atoms with E-state index in [4.69, 9.17) is 23.4 Å². The maximum Gasteiger partial charge on any atom is 0.0407 e. The summed E-state index contributed by atoms with van der Waals surface area (Å²) < 4.78 is 0. The van der Waals surface area contributed by atoms with Crippen LogP contribution in [0.25, 0.3) is 0 Å². The number of hydrogen-bond donors (Lipinski definition) is 2. The van der Waals surface area contributed by atoms with Crippen LogP contribution in [0, 0.1) is 0 Å². The molecule has 2 atom stereocenters. The fraction of sp³-hybridized carbons (Fsp3) is 0.200. The van der Waals surface area contributed by atoms with Crippen LogP contribution < -0.4 is 10.2 Å². The van der Waals surface area contributed by atoms with Gasteiger partial charge in [0.1, 0.15) is 0 Å². The third kappa shape index (κ3) is 3.03. The minimum absolute atomic E-state index is 0.428. The Morgan fingerprint density at radius 3 is 2.00 bits per heavy atom. The lowest BCUT2D eigenvalue weighted by Gasteiger charge is -2.07. The molecule has 0 aliphatic heterocycles. The normalized spacial score (nSPS) is 21.2. The molecule has 0 saturated heterocycles. The topological polar surface area (TPSA) is 24.1 Å². The summed E-state index contributed by atoms with van der Waals surface area (Å²) in [5.41, 5.74) is 3.44. The van der Waals surface area contributed by atoms with Crippen LogP contribution in [0.3, 0.4) is 0 Å². The van der Waals surface area contributed by atoms with Gasteiger partial charge in [-0.15, -0.1) is 0 Å². The molecule has 2 nitrogen and oxygen atoms in total. The number of rotatable bonds is 4. The molecule has 0 bridgehead atoms. The van der Waals surface area contributed by atoms with E-state index in [0.29, 0.717) is 12.0 Å². The van der Waals surface area contributed by atoms with E-state index < -0.39 is 0 Å². The summed E-state index contributed by atoms with van der Waals surface area (Å²) in [4.78, 5) is 2.79. The molecule has 2 N–H and O–H groups in total. The Hall–Kier alpha value is -1.22. The summed E-state index contributed by atoms with van der Waals surface area (Å²) in [5, 5.41) is 4.09. The molecular weight excluding hydrogens is 279 g/mol. The SMILES string of the molecule is ClN[C@H]1C[C@@H]1c1ccc(Nc2ccc(Cl)cc2)cc1. The lowest BCUT2D eigenvalue weighted by atomic mass is 10.1. The minimum Gasteiger partial charge on any atom is -0.356 e. The Morgan fingerprint density at radius 2 is 1.47 bits per heavy atom. The summed E-state index contributed by atoms with van der Waals surface area (Å²) >= 11 is 11.5. The highest BCUT2D eigenvalue weighted by Gasteiger charge is 2.37. The van der Waals surface area contributed by atoms with Gasteiger partial charge in [-0.3, -0.25) is 0 Å². The first kappa shape index (κ1) is 12.8. The Kier molecular flexibility index (Phi) is 3.65. The number of halogens is 2. The Balaban J connectivity index is 1.67. The van der Waals surface area contributed by atoms with E-state index in [2.05, 4.69) is 34.4 Å². The predicted octanol–water partition coefficient (Wildman–Crippen LogP) is 4.68. The van der Waals surface area contributed by atoms with Gasteiger partial charge in [0.15, 0.2) is 0 Å². The van der Waals surface area contributed by atoms with Gasteiger partial charge in [0.05, 0.1) is 0 Å². The summed E-state index contributed by atoms with van der Waals surface area (Å²) in [7, 11) is 0. The quantitative estimate of drug-likeness (QED) is 0.800. The fourth-order valence-electron chi connectivity index (χ4n) is 2.20. The minimum atomic E-state index is 0.428. The fourth-order valence-corrected chi connectivity index (χ4v) is 2.56. The number of hydrogen-bond acceptors (Lipinski definition) is 2. The average Bonchev–Trinajstić information content (AvgIpc) is 3.22. The third-order valence-electron chi connectivity index (χ3n) is 3.40. The highest BCUT2D eigenvalue weighted by atomic mass is 35.5. The molecule has 2 aromatic carbocycles. The van der Waals surface area contributed by atoms with Crippen molar-refractivity contribution in [3.8, 4) is 0 Å². The van der Waals surface area contributed by atoms with Crippen molar-refractivity contribution >= 4 is 34.8 Å². The molecule has 1 saturated carbocycles. The monoisotopic (exact) mass is 292 g/mol. The van der Waals surface area contributed by atoms with Gasteiger partial charge in [-0.25, -0.2) is 4.84 Å². The maximum atomic E-state index is 5.86. The maximum absolute atomic E-state index is 5.86. The highest BCUT2D eigenvalue weighted by Crippen LogP contribution is 2.41. The van der Waals surface area contributed by atoms with E-state index in [-0.39, 0.29) is 0 Å². The van der Waals surface area contributed by atoms with Crippen molar-refractivity contribution < 1.29 is 0 Å². The lowest BCUT2D eigenvalue weighted by molar-refractivity contribution is 0.907. The molecule has 0 unspecified atom stereocenters. The molecule has 4 heteroatoms. The molecule has 1 aliphatic carbocycles. The Labute approximate surface area is 122 Å². The van der Waals surface area contributed by atoms with Crippen LogP contribution in [-0.4, -0.2) is 6.04 Å². The van der Waals surface area contributed by atoms with E-state index in [0.717, 1.165) is 22.8 Å². The number of benzene rings is 2. The van der Waals surface area contributed by atoms with Gasteiger partial charge < -0.3 is 5.32 Å². The molecule has 98 valence electrons. The first-order valence-electron chi connectivity index (χ1n) is 6.25. The van der Waals surface area contributed by atoms with Crippen LogP contribution in [0.1, 0.15) is 17.9 Å². The van der Waals surface area contributed by atoms with Crippen LogP contribution in [0.2, 0.25) is 5.02 Å². The molecule has 0 aromatic heterocycles. The van der Waals surface area contributed by atoms with Crippen LogP contribution >= 0.6 is 23.4 Å². The van der Waals surface area contributed by atoms with Gasteiger partial charge in [0, 0.05) is 28.4 Å². The van der Waals surface area contributed by atoms with Gasteiger partial charge in [-0.2, -0.15) is 0 Å². The zero-order chi connectivity index (χ0) is 13.2. The van der Waals surface area contributed by atoms with E-state index in [1.807, 2.05) is 24.3 Å². The molecule has 1 aliphatic rings. The van der Waals surface area contributed by atoms with Crippen molar-refractivity contribution in [2.45, 2.75) is 18.4 Å². The van der Waals surface area contributed by atoms with Crippen molar-refractivity contribution in [1.82, 2.24) is 4.84 Å². The average molecular weight is 293 g/mol. The summed E-state index contributed by atoms with van der Waals surface area (Å²) in [6, 6.07) is 16.6. The van der Waals surface area contributed by atoms with Gasteiger partial charge >= 0.3 is 0 Å². The standard InChI is InChI=1S/C15H14Cl2N2/c16-11-3-7-13(8-4-11)18-12-5-1-10(2-6-12)14-9-15(14)19-17/h1-8,14-15,18-19H,9H2/t14-,15+/m1/s1. The highest BCUT2D eigenvalue weighted by molar-refractivity contribution is 6.30.